The molecule has 100 valence electrons. The first-order valence-corrected chi connectivity index (χ1v) is 6.76. The molecule has 0 amide bonds. The summed E-state index contributed by atoms with van der Waals surface area (Å²) in [7, 11) is 3.94. The Bertz CT molecular complexity index is 367. The smallest absolute Gasteiger partial charge is 0.0713 e. The van der Waals surface area contributed by atoms with E-state index >= 15 is 0 Å². The van der Waals surface area contributed by atoms with E-state index in [1.54, 1.807) is 7.11 Å². The van der Waals surface area contributed by atoms with E-state index in [1.165, 1.54) is 30.5 Å². The Hall–Kier alpha value is -0.900. The first-order chi connectivity index (χ1) is 8.78. The Kier molecular flexibility index (Phi) is 5.17. The van der Waals surface area contributed by atoms with E-state index in [2.05, 4.69) is 41.5 Å². The van der Waals surface area contributed by atoms with E-state index in [4.69, 9.17) is 4.74 Å². The van der Waals surface area contributed by atoms with Gasteiger partial charge in [0.1, 0.15) is 0 Å². The second-order valence-corrected chi connectivity index (χ2v) is 5.24. The van der Waals surface area contributed by atoms with Gasteiger partial charge in [-0.3, -0.25) is 0 Å². The lowest BCUT2D eigenvalue weighted by atomic mass is 10.1. The molecule has 0 radical (unpaired) electrons. The Balaban J connectivity index is 1.83. The molecule has 3 heteroatoms. The molecule has 1 heterocycles. The van der Waals surface area contributed by atoms with Gasteiger partial charge in [-0.05, 0) is 37.6 Å². The number of likely N-dealkylation sites (tertiary alicyclic amines) is 1. The second-order valence-electron chi connectivity index (χ2n) is 5.24. The third-order valence-electron chi connectivity index (χ3n) is 3.52. The number of piperidine rings is 1. The highest BCUT2D eigenvalue weighted by Crippen LogP contribution is 2.10. The third-order valence-corrected chi connectivity index (χ3v) is 3.52. The molecule has 1 unspecified atom stereocenters. The molecule has 0 saturated carbocycles. The van der Waals surface area contributed by atoms with Gasteiger partial charge in [0.25, 0.3) is 0 Å². The molecule has 2 rings (SSSR count). The van der Waals surface area contributed by atoms with Crippen LogP contribution >= 0.6 is 0 Å². The summed E-state index contributed by atoms with van der Waals surface area (Å²) in [5.74, 6) is 0. The largest absolute Gasteiger partial charge is 0.380 e. The van der Waals surface area contributed by atoms with E-state index in [-0.39, 0.29) is 0 Å². The maximum Gasteiger partial charge on any atom is 0.0713 e. The monoisotopic (exact) mass is 248 g/mol. The van der Waals surface area contributed by atoms with Crippen molar-refractivity contribution >= 4 is 0 Å². The molecule has 1 N–H and O–H groups in total. The summed E-state index contributed by atoms with van der Waals surface area (Å²) in [6, 6.07) is 9.26. The van der Waals surface area contributed by atoms with Crippen LogP contribution in [0.2, 0.25) is 0 Å². The second kappa shape index (κ2) is 6.88. The van der Waals surface area contributed by atoms with E-state index < -0.39 is 0 Å². The number of hydrogen-bond acceptors (Lipinski definition) is 3. The van der Waals surface area contributed by atoms with Crippen molar-refractivity contribution in [3.8, 4) is 0 Å². The normalized spacial score (nSPS) is 21.1. The van der Waals surface area contributed by atoms with Crippen LogP contribution in [-0.2, 0) is 17.9 Å². The number of nitrogens with zero attached hydrogens (tertiary/aromatic N) is 1. The van der Waals surface area contributed by atoms with Gasteiger partial charge in [0.05, 0.1) is 6.61 Å². The minimum absolute atomic E-state index is 0.634. The van der Waals surface area contributed by atoms with Crippen molar-refractivity contribution in [1.29, 1.82) is 0 Å². The van der Waals surface area contributed by atoms with Gasteiger partial charge in [-0.2, -0.15) is 0 Å². The zero-order valence-corrected chi connectivity index (χ0v) is 11.5. The maximum atomic E-state index is 5.16. The first kappa shape index (κ1) is 13.5. The maximum absolute atomic E-state index is 5.16. The molecule has 0 bridgehead atoms. The minimum atomic E-state index is 0.634. The van der Waals surface area contributed by atoms with E-state index in [1.807, 2.05) is 0 Å². The van der Waals surface area contributed by atoms with E-state index in [0.29, 0.717) is 12.6 Å². The molecule has 1 saturated heterocycles. The topological polar surface area (TPSA) is 24.5 Å². The number of methoxy groups -OCH3 is 1. The SMILES string of the molecule is COCc1cccc(CNC2CCCN(C)C2)c1. The summed E-state index contributed by atoms with van der Waals surface area (Å²) in [5, 5.41) is 3.66. The number of nitrogens with one attached hydrogen (secondary N) is 1. The number of ether oxygens (including phenoxy) is 1. The summed E-state index contributed by atoms with van der Waals surface area (Å²) in [6.45, 7) is 4.05. The molecule has 0 aliphatic carbocycles. The highest BCUT2D eigenvalue weighted by molar-refractivity contribution is 5.22. The molecule has 1 aliphatic heterocycles. The van der Waals surface area contributed by atoms with Crippen molar-refractivity contribution in [3.63, 3.8) is 0 Å². The molecule has 1 fully saturated rings. The zero-order chi connectivity index (χ0) is 12.8. The number of benzene rings is 1. The summed E-state index contributed by atoms with van der Waals surface area (Å²) >= 11 is 0. The summed E-state index contributed by atoms with van der Waals surface area (Å²) in [5.41, 5.74) is 2.59. The summed E-state index contributed by atoms with van der Waals surface area (Å²) in [6.07, 6.45) is 2.60. The van der Waals surface area contributed by atoms with Crippen LogP contribution in [0.5, 0.6) is 0 Å². The summed E-state index contributed by atoms with van der Waals surface area (Å²) < 4.78 is 5.16. The predicted octanol–water partition coefficient (Wildman–Crippen LogP) is 2.02. The molecule has 1 atom stereocenters. The summed E-state index contributed by atoms with van der Waals surface area (Å²) in [4.78, 5) is 2.41. The molecule has 1 aromatic carbocycles. The fraction of sp³-hybridized carbons (Fsp3) is 0.600. The van der Waals surface area contributed by atoms with Crippen LogP contribution in [0.4, 0.5) is 0 Å². The van der Waals surface area contributed by atoms with Crippen LogP contribution in [0.15, 0.2) is 24.3 Å². The van der Waals surface area contributed by atoms with E-state index in [0.717, 1.165) is 13.1 Å². The van der Waals surface area contributed by atoms with Crippen LogP contribution in [0.25, 0.3) is 0 Å². The Morgan fingerprint density at radius 3 is 3.00 bits per heavy atom. The molecular formula is C15H24N2O. The van der Waals surface area contributed by atoms with Gasteiger partial charge < -0.3 is 15.0 Å². The predicted molar refractivity (Wildman–Crippen MR) is 74.5 cm³/mol. The standard InChI is InChI=1S/C15H24N2O/c1-17-8-4-7-15(11-17)16-10-13-5-3-6-14(9-13)12-18-2/h3,5-6,9,15-16H,4,7-8,10-12H2,1-2H3. The lowest BCUT2D eigenvalue weighted by molar-refractivity contribution is 0.185. The fourth-order valence-corrected chi connectivity index (χ4v) is 2.59. The van der Waals surface area contributed by atoms with Gasteiger partial charge in [0.15, 0.2) is 0 Å². The first-order valence-electron chi connectivity index (χ1n) is 6.76. The highest BCUT2D eigenvalue weighted by atomic mass is 16.5. The molecule has 0 aromatic heterocycles. The average molecular weight is 248 g/mol. The zero-order valence-electron chi connectivity index (χ0n) is 11.5. The van der Waals surface area contributed by atoms with Gasteiger partial charge in [0, 0.05) is 26.2 Å². The third kappa shape index (κ3) is 4.09. The van der Waals surface area contributed by atoms with Gasteiger partial charge in [-0.25, -0.2) is 0 Å². The van der Waals surface area contributed by atoms with Crippen molar-refractivity contribution in [3.05, 3.63) is 35.4 Å². The van der Waals surface area contributed by atoms with Crippen molar-refractivity contribution in [2.45, 2.75) is 32.0 Å². The number of likely N-dealkylation sites (N-methyl/N-ethyl adjacent to an activating group) is 1. The fourth-order valence-electron chi connectivity index (χ4n) is 2.59. The quantitative estimate of drug-likeness (QED) is 0.863. The van der Waals surface area contributed by atoms with Crippen LogP contribution in [0.1, 0.15) is 24.0 Å². The van der Waals surface area contributed by atoms with Crippen molar-refractivity contribution < 1.29 is 4.74 Å². The van der Waals surface area contributed by atoms with Crippen LogP contribution in [0, 0.1) is 0 Å². The van der Waals surface area contributed by atoms with Gasteiger partial charge in [0.2, 0.25) is 0 Å². The van der Waals surface area contributed by atoms with Crippen LogP contribution < -0.4 is 5.32 Å². The Labute approximate surface area is 110 Å². The lowest BCUT2D eigenvalue weighted by Crippen LogP contribution is -2.43. The Morgan fingerprint density at radius 2 is 2.22 bits per heavy atom. The van der Waals surface area contributed by atoms with Crippen molar-refractivity contribution in [1.82, 2.24) is 10.2 Å². The lowest BCUT2D eigenvalue weighted by Gasteiger charge is -2.30. The molecule has 3 nitrogen and oxygen atoms in total. The van der Waals surface area contributed by atoms with Crippen molar-refractivity contribution in [2.75, 3.05) is 27.2 Å². The van der Waals surface area contributed by atoms with Crippen LogP contribution in [0.3, 0.4) is 0 Å². The molecular weight excluding hydrogens is 224 g/mol. The molecule has 1 aromatic rings. The van der Waals surface area contributed by atoms with E-state index in [9.17, 15) is 0 Å². The van der Waals surface area contributed by atoms with Gasteiger partial charge >= 0.3 is 0 Å². The average Bonchev–Trinajstić information content (AvgIpc) is 2.37. The van der Waals surface area contributed by atoms with Crippen molar-refractivity contribution in [2.24, 2.45) is 0 Å². The minimum Gasteiger partial charge on any atom is -0.380 e. The van der Waals surface area contributed by atoms with Gasteiger partial charge in [-0.15, -0.1) is 0 Å². The Morgan fingerprint density at radius 1 is 1.39 bits per heavy atom. The number of hydrogen-bond donors (Lipinski definition) is 1. The highest BCUT2D eigenvalue weighted by Gasteiger charge is 2.16. The van der Waals surface area contributed by atoms with Crippen LogP contribution in [-0.4, -0.2) is 38.2 Å². The molecule has 0 spiro atoms. The number of rotatable bonds is 5. The molecule has 1 aliphatic rings. The molecule has 18 heavy (non-hydrogen) atoms. The van der Waals surface area contributed by atoms with Gasteiger partial charge in [-0.1, -0.05) is 24.3 Å².